The van der Waals surface area contributed by atoms with Gasteiger partial charge in [-0.3, -0.25) is 24.8 Å². The van der Waals surface area contributed by atoms with Crippen LogP contribution in [0.4, 0.5) is 27.1 Å². The van der Waals surface area contributed by atoms with E-state index >= 15 is 0 Å². The zero-order chi connectivity index (χ0) is 22.3. The molecule has 0 aromatic heterocycles. The molecular formula is C13H12FN3O10S2. The Labute approximate surface area is 163 Å². The fourth-order valence-corrected chi connectivity index (χ4v) is 3.85. The number of hydrogen-bond acceptors (Lipinski definition) is 10. The molecular weight excluding hydrogens is 441 g/mol. The number of nitrogens with zero attached hydrogens (tertiary/aromatic N) is 2. The van der Waals surface area contributed by atoms with Gasteiger partial charge >= 0.3 is 5.69 Å². The molecule has 0 aliphatic carbocycles. The highest BCUT2D eigenvalue weighted by molar-refractivity contribution is 8.19. The van der Waals surface area contributed by atoms with Crippen LogP contribution in [0.5, 0.6) is 0 Å². The zero-order valence-electron chi connectivity index (χ0n) is 14.1. The summed E-state index contributed by atoms with van der Waals surface area (Å²) in [6, 6.07) is 2.12. The van der Waals surface area contributed by atoms with Crippen LogP contribution in [0.1, 0.15) is 5.56 Å². The van der Waals surface area contributed by atoms with Crippen molar-refractivity contribution in [1.82, 2.24) is 0 Å². The number of benzene rings is 2. The molecule has 29 heavy (non-hydrogen) atoms. The van der Waals surface area contributed by atoms with Gasteiger partial charge in [-0.05, 0) is 24.6 Å². The lowest BCUT2D eigenvalue weighted by molar-refractivity contribution is -0.395. The molecule has 5 N–H and O–H groups in total. The Balaban J connectivity index is 2.74. The van der Waals surface area contributed by atoms with Gasteiger partial charge in [0.2, 0.25) is 5.82 Å². The lowest BCUT2D eigenvalue weighted by atomic mass is 10.2. The Morgan fingerprint density at radius 3 is 1.90 bits per heavy atom. The fourth-order valence-electron chi connectivity index (χ4n) is 2.36. The third kappa shape index (κ3) is 4.75. The smallest absolute Gasteiger partial charge is 0.311 e. The minimum atomic E-state index is -4.84. The van der Waals surface area contributed by atoms with Crippen LogP contribution in [0.25, 0.3) is 0 Å². The predicted molar refractivity (Wildman–Crippen MR) is 97.7 cm³/mol. The number of halogens is 1. The Bertz CT molecular complexity index is 1130. The Morgan fingerprint density at radius 2 is 1.45 bits per heavy atom. The molecule has 0 bridgehead atoms. The van der Waals surface area contributed by atoms with E-state index in [1.807, 2.05) is 0 Å². The van der Waals surface area contributed by atoms with Crippen molar-refractivity contribution in [2.75, 3.05) is 5.32 Å². The minimum Gasteiger partial charge on any atom is -0.349 e. The average Bonchev–Trinajstić information content (AvgIpc) is 2.51. The van der Waals surface area contributed by atoms with Crippen LogP contribution >= 0.6 is 10.9 Å². The Kier molecular flexibility index (Phi) is 5.79. The van der Waals surface area contributed by atoms with E-state index in [1.165, 1.54) is 6.92 Å². The first-order chi connectivity index (χ1) is 13.1. The third-order valence-corrected chi connectivity index (χ3v) is 5.50. The maximum absolute atomic E-state index is 13.9. The zero-order valence-corrected chi connectivity index (χ0v) is 15.8. The number of aryl methyl sites for hydroxylation is 1. The summed E-state index contributed by atoms with van der Waals surface area (Å²) in [7, 11) is -9.47. The van der Waals surface area contributed by atoms with Gasteiger partial charge < -0.3 is 19.0 Å². The molecule has 0 heterocycles. The van der Waals surface area contributed by atoms with Crippen molar-refractivity contribution in [2.24, 2.45) is 0 Å². The molecule has 0 atom stereocenters. The van der Waals surface area contributed by atoms with Gasteiger partial charge in [-0.2, -0.15) is 12.8 Å². The summed E-state index contributed by atoms with van der Waals surface area (Å²) < 4.78 is 74.6. The molecule has 0 aliphatic rings. The number of nitro groups is 2. The predicted octanol–water partition coefficient (Wildman–Crippen LogP) is 3.52. The topological polar surface area (TPSA) is 213 Å². The van der Waals surface area contributed by atoms with Crippen LogP contribution in [-0.2, 0) is 10.1 Å². The molecule has 0 amide bonds. The highest BCUT2D eigenvalue weighted by atomic mass is 32.3. The van der Waals surface area contributed by atoms with Crippen molar-refractivity contribution < 1.29 is 40.9 Å². The number of nitro benzene ring substituents is 2. The summed E-state index contributed by atoms with van der Waals surface area (Å²) in [4.78, 5) is 18.0. The summed E-state index contributed by atoms with van der Waals surface area (Å²) in [5, 5.41) is 24.2. The van der Waals surface area contributed by atoms with Gasteiger partial charge in [-0.25, -0.2) is 0 Å². The van der Waals surface area contributed by atoms with Gasteiger partial charge in [-0.15, -0.1) is 0 Å². The molecule has 2 aromatic rings. The van der Waals surface area contributed by atoms with Crippen molar-refractivity contribution in [3.8, 4) is 0 Å². The Hall–Kier alpha value is -2.89. The first-order valence-electron chi connectivity index (χ1n) is 7.15. The lowest BCUT2D eigenvalue weighted by Gasteiger charge is -2.24. The highest BCUT2D eigenvalue weighted by Crippen LogP contribution is 2.50. The van der Waals surface area contributed by atoms with Gasteiger partial charge in [0.05, 0.1) is 31.4 Å². The lowest BCUT2D eigenvalue weighted by Crippen LogP contribution is -2.08. The molecule has 13 nitrogen and oxygen atoms in total. The van der Waals surface area contributed by atoms with E-state index in [1.54, 1.807) is 0 Å². The largest absolute Gasteiger partial charge is 0.349 e. The van der Waals surface area contributed by atoms with Crippen molar-refractivity contribution in [2.45, 2.75) is 16.7 Å². The van der Waals surface area contributed by atoms with E-state index < -0.39 is 69.2 Å². The normalized spacial score (nSPS) is 12.5. The monoisotopic (exact) mass is 453 g/mol. The van der Waals surface area contributed by atoms with Crippen LogP contribution in [0, 0.1) is 33.0 Å². The number of nitrogens with one attached hydrogen (secondary N) is 1. The molecule has 0 radical (unpaired) electrons. The Morgan fingerprint density at radius 1 is 0.897 bits per heavy atom. The van der Waals surface area contributed by atoms with E-state index in [0.29, 0.717) is 18.2 Å². The van der Waals surface area contributed by atoms with E-state index in [-0.39, 0.29) is 5.56 Å². The quantitative estimate of drug-likeness (QED) is 0.242. The van der Waals surface area contributed by atoms with Gasteiger partial charge in [-0.1, -0.05) is 0 Å². The second kappa shape index (κ2) is 7.50. The maximum Gasteiger partial charge on any atom is 0.311 e. The van der Waals surface area contributed by atoms with Crippen molar-refractivity contribution in [1.29, 1.82) is 0 Å². The van der Waals surface area contributed by atoms with Crippen LogP contribution in [0.3, 0.4) is 0 Å². The second-order valence-corrected chi connectivity index (χ2v) is 8.44. The van der Waals surface area contributed by atoms with E-state index in [9.17, 15) is 51.2 Å². The SMILES string of the molecule is Cc1cc(Nc2cc(F)c([N+](=O)[O-])cc2[N+](=O)[O-])c(S(O)(O)O)cc1S(=O)(=O)O. The first kappa shape index (κ1) is 22.4. The van der Waals surface area contributed by atoms with Crippen LogP contribution in [0.2, 0.25) is 0 Å². The standard InChI is InChI=1S/C13H12FN3O10S2/c1-6-2-9(13(29(25,26)27)5-12(6)28(22,23)24)15-8-3-7(14)10(16(18)19)4-11(8)17(20)21/h2-5,15,25-27H,1H3,(H,22,23,24). The van der Waals surface area contributed by atoms with Crippen LogP contribution < -0.4 is 5.32 Å². The molecule has 0 unspecified atom stereocenters. The molecule has 2 rings (SSSR count). The van der Waals surface area contributed by atoms with E-state index in [0.717, 1.165) is 6.07 Å². The highest BCUT2D eigenvalue weighted by Gasteiger charge is 2.29. The number of rotatable bonds is 6. The fraction of sp³-hybridized carbons (Fsp3) is 0.0769. The minimum absolute atomic E-state index is 0.174. The van der Waals surface area contributed by atoms with Crippen LogP contribution in [-0.4, -0.2) is 36.5 Å². The molecule has 0 spiro atoms. The summed E-state index contributed by atoms with van der Waals surface area (Å²) >= 11 is 0. The maximum atomic E-state index is 13.9. The average molecular weight is 453 g/mol. The molecule has 0 aliphatic heterocycles. The van der Waals surface area contributed by atoms with Crippen molar-refractivity contribution in [3.05, 3.63) is 55.9 Å². The van der Waals surface area contributed by atoms with Gasteiger partial charge in [0.15, 0.2) is 0 Å². The summed E-state index contributed by atoms with van der Waals surface area (Å²) in [6.45, 7) is 1.17. The van der Waals surface area contributed by atoms with E-state index in [2.05, 4.69) is 5.32 Å². The van der Waals surface area contributed by atoms with Gasteiger partial charge in [0.1, 0.15) is 16.6 Å². The molecule has 16 heteroatoms. The summed E-state index contributed by atoms with van der Waals surface area (Å²) in [5.41, 5.74) is -3.48. The van der Waals surface area contributed by atoms with Crippen molar-refractivity contribution >= 4 is 43.7 Å². The molecule has 158 valence electrons. The van der Waals surface area contributed by atoms with Gasteiger partial charge in [0.25, 0.3) is 15.8 Å². The van der Waals surface area contributed by atoms with Gasteiger partial charge in [0, 0.05) is 6.07 Å². The number of hydrogen-bond donors (Lipinski definition) is 5. The van der Waals surface area contributed by atoms with Crippen LogP contribution in [0.15, 0.2) is 34.1 Å². The molecule has 0 saturated carbocycles. The second-order valence-electron chi connectivity index (χ2n) is 5.57. The third-order valence-electron chi connectivity index (χ3n) is 3.58. The number of anilines is 2. The molecule has 0 saturated heterocycles. The summed E-state index contributed by atoms with van der Waals surface area (Å²) in [6.07, 6.45) is 0. The van der Waals surface area contributed by atoms with Crippen molar-refractivity contribution in [3.63, 3.8) is 0 Å². The molecule has 0 fully saturated rings. The summed E-state index contributed by atoms with van der Waals surface area (Å²) in [5.74, 6) is -1.45. The van der Waals surface area contributed by atoms with E-state index in [4.69, 9.17) is 0 Å². The first-order valence-corrected chi connectivity index (χ1v) is 10.1. The molecule has 2 aromatic carbocycles.